The van der Waals surface area contributed by atoms with Crippen LogP contribution in [0.4, 0.5) is 5.69 Å². The van der Waals surface area contributed by atoms with Crippen LogP contribution in [-0.2, 0) is 11.3 Å². The molecule has 3 heterocycles. The number of hydrogen-bond acceptors (Lipinski definition) is 5. The van der Waals surface area contributed by atoms with Crippen LogP contribution in [0.2, 0.25) is 0 Å². The number of anilines is 1. The predicted octanol–water partition coefficient (Wildman–Crippen LogP) is 2.71. The molecule has 23 heavy (non-hydrogen) atoms. The van der Waals surface area contributed by atoms with Crippen LogP contribution < -0.4 is 5.32 Å². The molecule has 5 nitrogen and oxygen atoms in total. The van der Waals surface area contributed by atoms with E-state index in [1.54, 1.807) is 0 Å². The van der Waals surface area contributed by atoms with Crippen LogP contribution >= 0.6 is 0 Å². The lowest BCUT2D eigenvalue weighted by Crippen LogP contribution is -2.38. The van der Waals surface area contributed by atoms with Crippen molar-refractivity contribution < 1.29 is 4.74 Å². The number of nitrogens with one attached hydrogen (secondary N) is 1. The first-order valence-electron chi connectivity index (χ1n) is 8.06. The molecule has 0 spiro atoms. The summed E-state index contributed by atoms with van der Waals surface area (Å²) < 4.78 is 5.96. The number of ether oxygens (including phenoxy) is 1. The monoisotopic (exact) mass is 312 g/mol. The molecule has 1 N–H and O–H groups in total. The Balaban J connectivity index is 1.70. The number of pyridine rings is 2. The molecule has 0 amide bonds. The van der Waals surface area contributed by atoms with Crippen LogP contribution in [0.3, 0.4) is 0 Å². The highest BCUT2D eigenvalue weighted by Gasteiger charge is 2.23. The molecule has 1 atom stereocenters. The Morgan fingerprint density at radius 3 is 2.87 bits per heavy atom. The third-order valence-electron chi connectivity index (χ3n) is 4.12. The van der Waals surface area contributed by atoms with Gasteiger partial charge in [-0.2, -0.15) is 0 Å². The Hall–Kier alpha value is -1.98. The van der Waals surface area contributed by atoms with Crippen LogP contribution in [-0.4, -0.2) is 41.6 Å². The van der Waals surface area contributed by atoms with Gasteiger partial charge in [-0.15, -0.1) is 0 Å². The first-order chi connectivity index (χ1) is 11.1. The summed E-state index contributed by atoms with van der Waals surface area (Å²) in [5.41, 5.74) is 5.38. The van der Waals surface area contributed by atoms with E-state index >= 15 is 0 Å². The molecular weight excluding hydrogens is 288 g/mol. The Morgan fingerprint density at radius 2 is 2.13 bits per heavy atom. The van der Waals surface area contributed by atoms with Gasteiger partial charge in [-0.3, -0.25) is 14.9 Å². The topological polar surface area (TPSA) is 50.3 Å². The maximum absolute atomic E-state index is 5.96. The second-order valence-electron chi connectivity index (χ2n) is 6.07. The minimum absolute atomic E-state index is 0.0224. The van der Waals surface area contributed by atoms with Crippen molar-refractivity contribution in [3.05, 3.63) is 53.1 Å². The van der Waals surface area contributed by atoms with Gasteiger partial charge in [0, 0.05) is 50.0 Å². The molecule has 1 aliphatic heterocycles. The normalized spacial score (nSPS) is 18.8. The fourth-order valence-electron chi connectivity index (χ4n) is 2.88. The summed E-state index contributed by atoms with van der Waals surface area (Å²) in [6.45, 7) is 7.45. The minimum Gasteiger partial charge on any atom is -0.388 e. The van der Waals surface area contributed by atoms with E-state index in [-0.39, 0.29) is 6.10 Å². The van der Waals surface area contributed by atoms with Crippen LogP contribution in [0.5, 0.6) is 0 Å². The van der Waals surface area contributed by atoms with Crippen LogP contribution in [0.25, 0.3) is 0 Å². The third-order valence-corrected chi connectivity index (χ3v) is 4.12. The second-order valence-corrected chi connectivity index (χ2v) is 6.07. The van der Waals surface area contributed by atoms with Gasteiger partial charge >= 0.3 is 0 Å². The van der Waals surface area contributed by atoms with Gasteiger partial charge in [0.25, 0.3) is 0 Å². The number of aromatic nitrogens is 2. The SMILES string of the molecule is CNc1cc(C)nc([C@@H]2CN(Cc3ccc(C)nc3)CCO2)c1. The smallest absolute Gasteiger partial charge is 0.112 e. The summed E-state index contributed by atoms with van der Waals surface area (Å²) in [6, 6.07) is 8.34. The summed E-state index contributed by atoms with van der Waals surface area (Å²) in [7, 11) is 1.93. The fraction of sp³-hybridized carbons (Fsp3) is 0.444. The van der Waals surface area contributed by atoms with E-state index in [0.717, 1.165) is 49.0 Å². The molecular formula is C18H24N4O. The van der Waals surface area contributed by atoms with Crippen LogP contribution in [0, 0.1) is 13.8 Å². The summed E-state index contributed by atoms with van der Waals surface area (Å²) >= 11 is 0. The van der Waals surface area contributed by atoms with Crippen molar-refractivity contribution in [3.63, 3.8) is 0 Å². The fourth-order valence-corrected chi connectivity index (χ4v) is 2.88. The van der Waals surface area contributed by atoms with Crippen molar-refractivity contribution in [2.75, 3.05) is 32.1 Å². The van der Waals surface area contributed by atoms with Gasteiger partial charge in [0.15, 0.2) is 0 Å². The van der Waals surface area contributed by atoms with E-state index in [9.17, 15) is 0 Å². The van der Waals surface area contributed by atoms with Crippen molar-refractivity contribution >= 4 is 5.69 Å². The Bertz CT molecular complexity index is 657. The number of hydrogen-bond donors (Lipinski definition) is 1. The first-order valence-corrected chi connectivity index (χ1v) is 8.06. The average molecular weight is 312 g/mol. The lowest BCUT2D eigenvalue weighted by atomic mass is 10.1. The average Bonchev–Trinajstić information content (AvgIpc) is 2.56. The maximum atomic E-state index is 5.96. The van der Waals surface area contributed by atoms with E-state index in [0.29, 0.717) is 0 Å². The van der Waals surface area contributed by atoms with Gasteiger partial charge in [0.1, 0.15) is 6.10 Å². The zero-order valence-corrected chi connectivity index (χ0v) is 14.0. The molecule has 1 fully saturated rings. The van der Waals surface area contributed by atoms with Crippen molar-refractivity contribution in [3.8, 4) is 0 Å². The highest BCUT2D eigenvalue weighted by atomic mass is 16.5. The van der Waals surface area contributed by atoms with Crippen LogP contribution in [0.1, 0.15) is 28.7 Å². The molecule has 122 valence electrons. The van der Waals surface area contributed by atoms with Gasteiger partial charge in [0.05, 0.1) is 12.3 Å². The quantitative estimate of drug-likeness (QED) is 0.941. The van der Waals surface area contributed by atoms with Crippen LogP contribution in [0.15, 0.2) is 30.5 Å². The number of aryl methyl sites for hydroxylation is 2. The summed E-state index contributed by atoms with van der Waals surface area (Å²) in [5.74, 6) is 0. The molecule has 0 bridgehead atoms. The molecule has 0 unspecified atom stereocenters. The summed E-state index contributed by atoms with van der Waals surface area (Å²) in [4.78, 5) is 11.4. The van der Waals surface area contributed by atoms with Crippen molar-refractivity contribution in [2.24, 2.45) is 0 Å². The van der Waals surface area contributed by atoms with Gasteiger partial charge in [-0.05, 0) is 37.6 Å². The summed E-state index contributed by atoms with van der Waals surface area (Å²) in [5, 5.41) is 3.19. The highest BCUT2D eigenvalue weighted by Crippen LogP contribution is 2.24. The summed E-state index contributed by atoms with van der Waals surface area (Å²) in [6.07, 6.45) is 1.98. The van der Waals surface area contributed by atoms with E-state index in [1.165, 1.54) is 5.56 Å². The molecule has 2 aromatic rings. The number of morpholine rings is 1. The Labute approximate surface area is 137 Å². The Morgan fingerprint density at radius 1 is 1.26 bits per heavy atom. The predicted molar refractivity (Wildman–Crippen MR) is 91.5 cm³/mol. The van der Waals surface area contributed by atoms with E-state index in [2.05, 4.69) is 38.4 Å². The second kappa shape index (κ2) is 7.06. The van der Waals surface area contributed by atoms with Gasteiger partial charge in [0.2, 0.25) is 0 Å². The highest BCUT2D eigenvalue weighted by molar-refractivity contribution is 5.45. The zero-order valence-electron chi connectivity index (χ0n) is 14.0. The molecule has 5 heteroatoms. The molecule has 1 saturated heterocycles. The lowest BCUT2D eigenvalue weighted by Gasteiger charge is -2.32. The molecule has 1 aliphatic rings. The molecule has 0 saturated carbocycles. The molecule has 0 aromatic carbocycles. The number of nitrogens with zero attached hydrogens (tertiary/aromatic N) is 3. The van der Waals surface area contributed by atoms with Gasteiger partial charge in [-0.25, -0.2) is 0 Å². The zero-order chi connectivity index (χ0) is 16.2. The Kier molecular flexibility index (Phi) is 4.88. The van der Waals surface area contributed by atoms with E-state index in [1.807, 2.05) is 33.2 Å². The largest absolute Gasteiger partial charge is 0.388 e. The minimum atomic E-state index is 0.0224. The molecule has 0 aliphatic carbocycles. The van der Waals surface area contributed by atoms with Gasteiger partial charge < -0.3 is 10.1 Å². The number of rotatable bonds is 4. The van der Waals surface area contributed by atoms with Gasteiger partial charge in [-0.1, -0.05) is 6.07 Å². The van der Waals surface area contributed by atoms with Crippen molar-refractivity contribution in [1.82, 2.24) is 14.9 Å². The van der Waals surface area contributed by atoms with Crippen molar-refractivity contribution in [2.45, 2.75) is 26.5 Å². The molecule has 0 radical (unpaired) electrons. The van der Waals surface area contributed by atoms with E-state index < -0.39 is 0 Å². The first kappa shape index (κ1) is 15.9. The third kappa shape index (κ3) is 4.06. The maximum Gasteiger partial charge on any atom is 0.112 e. The van der Waals surface area contributed by atoms with E-state index in [4.69, 9.17) is 4.74 Å². The molecule has 2 aromatic heterocycles. The standard InChI is InChI=1S/C18H24N4O/c1-13-4-5-15(10-20-13)11-22-6-7-23-18(12-22)17-9-16(19-3)8-14(2)21-17/h4-5,8-10,18H,6-7,11-12H2,1-3H3,(H,19,21)/t18-/m0/s1. The lowest BCUT2D eigenvalue weighted by molar-refractivity contribution is -0.0350. The molecule has 3 rings (SSSR count). The van der Waals surface area contributed by atoms with Crippen molar-refractivity contribution in [1.29, 1.82) is 0 Å².